The number of carboxylic acid groups (broad SMARTS) is 3. The third-order valence-corrected chi connectivity index (χ3v) is 2.23. The van der Waals surface area contributed by atoms with Crippen LogP contribution in [-0.2, 0) is 14.4 Å². The van der Waals surface area contributed by atoms with E-state index in [4.69, 9.17) is 26.5 Å². The van der Waals surface area contributed by atoms with Crippen LogP contribution in [0, 0.1) is 5.41 Å². The summed E-state index contributed by atoms with van der Waals surface area (Å²) in [5.74, 6) is -2.84. The molecule has 0 spiro atoms. The molecular formula is C12H28N6O6. The van der Waals surface area contributed by atoms with Gasteiger partial charge in [0.15, 0.2) is 5.96 Å². The first kappa shape index (κ1) is 26.5. The second-order valence-corrected chi connectivity index (χ2v) is 4.50. The molecule has 0 amide bonds. The minimum Gasteiger partial charge on any atom is -0.480 e. The predicted octanol–water partition coefficient (Wildman–Crippen LogP) is -2.68. The number of hydrogen-bond donors (Lipinski definition) is 8. The number of nitrogens with two attached hydrogens (primary N) is 3. The van der Waals surface area contributed by atoms with Crippen molar-refractivity contribution in [3.63, 3.8) is 0 Å². The molecule has 0 unspecified atom stereocenters. The van der Waals surface area contributed by atoms with Gasteiger partial charge in [0.1, 0.15) is 6.04 Å². The zero-order valence-corrected chi connectivity index (χ0v) is 13.9. The Labute approximate surface area is 140 Å². The fraction of sp³-hybridized carbons (Fsp3) is 0.667. The average Bonchev–Trinajstić information content (AvgIpc) is 2.47. The molecule has 24 heavy (non-hydrogen) atoms. The summed E-state index contributed by atoms with van der Waals surface area (Å²) in [6, 6.07) is -0.469. The largest absolute Gasteiger partial charge is 0.480 e. The lowest BCUT2D eigenvalue weighted by atomic mass is 10.1. The average molecular weight is 352 g/mol. The number of likely N-dealkylation sites (N-methyl/N-ethyl adjacent to an activating group) is 1. The first-order valence-electron chi connectivity index (χ1n) is 6.80. The van der Waals surface area contributed by atoms with Crippen LogP contribution in [-0.4, -0.2) is 83.9 Å². The predicted molar refractivity (Wildman–Crippen MR) is 87.6 cm³/mol. The summed E-state index contributed by atoms with van der Waals surface area (Å²) >= 11 is 0. The molecule has 0 heterocycles. The van der Waals surface area contributed by atoms with Crippen molar-refractivity contribution in [3.05, 3.63) is 0 Å². The SMILES string of the molecule is CN(C)[C@@H](CCCNC(=N)N)C(=O)O.NCC(=O)O.NCC(=O)O. The van der Waals surface area contributed by atoms with Crippen LogP contribution >= 0.6 is 0 Å². The molecule has 0 radical (unpaired) electrons. The lowest BCUT2D eigenvalue weighted by molar-refractivity contribution is -0.142. The van der Waals surface area contributed by atoms with Crippen LogP contribution in [0.2, 0.25) is 0 Å². The van der Waals surface area contributed by atoms with Crippen LogP contribution in [0.4, 0.5) is 0 Å². The number of guanidine groups is 1. The summed E-state index contributed by atoms with van der Waals surface area (Å²) in [7, 11) is 3.47. The van der Waals surface area contributed by atoms with E-state index >= 15 is 0 Å². The monoisotopic (exact) mass is 352 g/mol. The molecule has 0 saturated heterocycles. The summed E-state index contributed by atoms with van der Waals surface area (Å²) in [4.78, 5) is 30.9. The van der Waals surface area contributed by atoms with Crippen molar-refractivity contribution in [2.45, 2.75) is 18.9 Å². The fourth-order valence-electron chi connectivity index (χ4n) is 1.12. The van der Waals surface area contributed by atoms with Crippen molar-refractivity contribution in [2.75, 3.05) is 33.7 Å². The quantitative estimate of drug-likeness (QED) is 0.127. The highest BCUT2D eigenvalue weighted by Crippen LogP contribution is 2.02. The van der Waals surface area contributed by atoms with Crippen LogP contribution in [0.15, 0.2) is 0 Å². The smallest absolute Gasteiger partial charge is 0.320 e. The van der Waals surface area contributed by atoms with E-state index in [0.29, 0.717) is 19.4 Å². The molecule has 0 fully saturated rings. The third-order valence-electron chi connectivity index (χ3n) is 2.23. The van der Waals surface area contributed by atoms with Crippen molar-refractivity contribution in [1.29, 1.82) is 5.41 Å². The molecule has 11 N–H and O–H groups in total. The second-order valence-electron chi connectivity index (χ2n) is 4.50. The van der Waals surface area contributed by atoms with E-state index in [2.05, 4.69) is 16.8 Å². The van der Waals surface area contributed by atoms with Crippen molar-refractivity contribution >= 4 is 23.9 Å². The van der Waals surface area contributed by atoms with E-state index in [9.17, 15) is 14.4 Å². The molecule has 0 rings (SSSR count). The number of hydrogen-bond acceptors (Lipinski definition) is 7. The van der Waals surface area contributed by atoms with Gasteiger partial charge < -0.3 is 37.8 Å². The number of rotatable bonds is 8. The van der Waals surface area contributed by atoms with Crippen LogP contribution in [0.5, 0.6) is 0 Å². The van der Waals surface area contributed by atoms with E-state index in [0.717, 1.165) is 0 Å². The molecule has 12 nitrogen and oxygen atoms in total. The minimum absolute atomic E-state index is 0.0817. The normalized spacial score (nSPS) is 10.4. The summed E-state index contributed by atoms with van der Waals surface area (Å²) in [6.07, 6.45) is 1.22. The first-order chi connectivity index (χ1) is 11.0. The highest BCUT2D eigenvalue weighted by atomic mass is 16.4. The maximum absolute atomic E-state index is 10.7. The number of nitrogens with zero attached hydrogens (tertiary/aromatic N) is 1. The van der Waals surface area contributed by atoms with Crippen molar-refractivity contribution < 1.29 is 29.7 Å². The van der Waals surface area contributed by atoms with Crippen LogP contribution < -0.4 is 22.5 Å². The van der Waals surface area contributed by atoms with Gasteiger partial charge in [0.05, 0.1) is 13.1 Å². The Morgan fingerprint density at radius 1 is 1.08 bits per heavy atom. The lowest BCUT2D eigenvalue weighted by Gasteiger charge is -2.19. The van der Waals surface area contributed by atoms with E-state index in [1.807, 2.05) is 0 Å². The Morgan fingerprint density at radius 3 is 1.67 bits per heavy atom. The molecule has 0 aromatic heterocycles. The van der Waals surface area contributed by atoms with Gasteiger partial charge in [-0.3, -0.25) is 24.7 Å². The number of aliphatic carboxylic acids is 3. The molecule has 12 heteroatoms. The Morgan fingerprint density at radius 2 is 1.46 bits per heavy atom. The number of carboxylic acids is 3. The van der Waals surface area contributed by atoms with Gasteiger partial charge in [0.2, 0.25) is 0 Å². The number of carbonyl (C=O) groups is 3. The molecule has 0 aromatic rings. The van der Waals surface area contributed by atoms with Crippen LogP contribution in [0.1, 0.15) is 12.8 Å². The van der Waals surface area contributed by atoms with E-state index in [1.165, 1.54) is 0 Å². The van der Waals surface area contributed by atoms with E-state index in [1.54, 1.807) is 19.0 Å². The zero-order chi connectivity index (χ0) is 19.7. The third kappa shape index (κ3) is 24.6. The molecule has 0 bridgehead atoms. The molecular weight excluding hydrogens is 324 g/mol. The molecule has 142 valence electrons. The highest BCUT2D eigenvalue weighted by molar-refractivity contribution is 5.74. The summed E-state index contributed by atoms with van der Waals surface area (Å²) < 4.78 is 0. The van der Waals surface area contributed by atoms with Crippen molar-refractivity contribution in [3.8, 4) is 0 Å². The van der Waals surface area contributed by atoms with E-state index < -0.39 is 23.9 Å². The summed E-state index contributed by atoms with van der Waals surface area (Å²) in [5.41, 5.74) is 14.2. The molecule has 0 aromatic carbocycles. The topological polar surface area (TPSA) is 229 Å². The Balaban J connectivity index is -0.000000361. The summed E-state index contributed by atoms with van der Waals surface area (Å²) in [6.45, 7) is -0.0209. The van der Waals surface area contributed by atoms with Gasteiger partial charge in [0.25, 0.3) is 0 Å². The zero-order valence-electron chi connectivity index (χ0n) is 13.9. The van der Waals surface area contributed by atoms with Crippen molar-refractivity contribution in [1.82, 2.24) is 10.2 Å². The van der Waals surface area contributed by atoms with Gasteiger partial charge in [-0.15, -0.1) is 0 Å². The Bertz CT molecular complexity index is 376. The first-order valence-corrected chi connectivity index (χ1v) is 6.80. The van der Waals surface area contributed by atoms with Gasteiger partial charge in [-0.1, -0.05) is 0 Å². The van der Waals surface area contributed by atoms with Crippen LogP contribution in [0.25, 0.3) is 0 Å². The molecule has 0 saturated carbocycles. The van der Waals surface area contributed by atoms with Gasteiger partial charge >= 0.3 is 17.9 Å². The molecule has 1 atom stereocenters. The molecule has 0 aliphatic rings. The van der Waals surface area contributed by atoms with Gasteiger partial charge in [0, 0.05) is 6.54 Å². The maximum atomic E-state index is 10.7. The highest BCUT2D eigenvalue weighted by Gasteiger charge is 2.18. The number of nitrogens with one attached hydrogen (secondary N) is 2. The maximum Gasteiger partial charge on any atom is 0.320 e. The van der Waals surface area contributed by atoms with Crippen LogP contribution in [0.3, 0.4) is 0 Å². The summed E-state index contributed by atoms with van der Waals surface area (Å²) in [5, 5.41) is 33.5. The fourth-order valence-corrected chi connectivity index (χ4v) is 1.12. The molecule has 0 aliphatic heterocycles. The van der Waals surface area contributed by atoms with Crippen molar-refractivity contribution in [2.24, 2.45) is 17.2 Å². The second kappa shape index (κ2) is 16.9. The Hall–Kier alpha value is -2.44. The van der Waals surface area contributed by atoms with E-state index in [-0.39, 0.29) is 19.0 Å². The van der Waals surface area contributed by atoms with Gasteiger partial charge in [-0.25, -0.2) is 0 Å². The van der Waals surface area contributed by atoms with Gasteiger partial charge in [-0.05, 0) is 26.9 Å². The Kier molecular flexibility index (Phi) is 18.7. The lowest BCUT2D eigenvalue weighted by Crippen LogP contribution is -2.37. The molecule has 0 aliphatic carbocycles. The minimum atomic E-state index is -0.968. The standard InChI is InChI=1S/C8H18N4O2.2C2H5NO2/c1-12(2)6(7(13)14)4-3-5-11-8(9)10;2*3-1-2(4)5/h6H,3-5H2,1-2H3,(H,13,14)(H4,9,10,11);2*1,3H2,(H,4,5)/t6-;;/m0../s1. The van der Waals surface area contributed by atoms with Gasteiger partial charge in [-0.2, -0.15) is 0 Å².